The van der Waals surface area contributed by atoms with Crippen LogP contribution in [0.25, 0.3) is 0 Å². The molecular formula is C20H21ClF2N2O5S. The molecule has 2 aromatic carbocycles. The van der Waals surface area contributed by atoms with E-state index in [9.17, 15) is 27.4 Å². The normalized spacial score (nSPS) is 23.9. The van der Waals surface area contributed by atoms with Crippen LogP contribution in [0.3, 0.4) is 0 Å². The summed E-state index contributed by atoms with van der Waals surface area (Å²) < 4.78 is 61.8. The van der Waals surface area contributed by atoms with Gasteiger partial charge in [0.2, 0.25) is 10.0 Å². The number of aliphatic hydroxyl groups is 2. The van der Waals surface area contributed by atoms with Crippen LogP contribution in [0.15, 0.2) is 24.3 Å². The number of halogens is 3. The van der Waals surface area contributed by atoms with Gasteiger partial charge in [-0.1, -0.05) is 17.7 Å². The molecule has 0 saturated heterocycles. The van der Waals surface area contributed by atoms with E-state index >= 15 is 0 Å². The van der Waals surface area contributed by atoms with Crippen molar-refractivity contribution < 1.29 is 32.1 Å². The van der Waals surface area contributed by atoms with Crippen LogP contribution in [0.5, 0.6) is 5.75 Å². The molecule has 2 atom stereocenters. The SMILES string of the molecule is Cc1ccc(Nc2c(F)c(F)cc3c2NS(=O)(=O)C2(CC2)CC(O)C(O)CO3)c(Cl)c1. The third kappa shape index (κ3) is 4.05. The lowest BCUT2D eigenvalue weighted by Gasteiger charge is -2.28. The van der Waals surface area contributed by atoms with Gasteiger partial charge in [0.1, 0.15) is 29.8 Å². The van der Waals surface area contributed by atoms with Gasteiger partial charge >= 0.3 is 0 Å². The number of aryl methyl sites for hydroxylation is 1. The Bertz CT molecular complexity index is 1140. The first-order valence-corrected chi connectivity index (χ1v) is 11.5. The highest BCUT2D eigenvalue weighted by molar-refractivity contribution is 7.94. The maximum Gasteiger partial charge on any atom is 0.238 e. The van der Waals surface area contributed by atoms with E-state index in [1.807, 2.05) is 0 Å². The molecule has 1 fully saturated rings. The minimum absolute atomic E-state index is 0.210. The van der Waals surface area contributed by atoms with E-state index in [2.05, 4.69) is 10.0 Å². The zero-order valence-corrected chi connectivity index (χ0v) is 18.0. The van der Waals surface area contributed by atoms with E-state index in [4.69, 9.17) is 16.3 Å². The fourth-order valence-electron chi connectivity index (χ4n) is 3.56. The van der Waals surface area contributed by atoms with Crippen LogP contribution >= 0.6 is 11.6 Å². The molecule has 7 nitrogen and oxygen atoms in total. The van der Waals surface area contributed by atoms with Crippen molar-refractivity contribution in [2.75, 3.05) is 16.6 Å². The highest BCUT2D eigenvalue weighted by Crippen LogP contribution is 2.50. The van der Waals surface area contributed by atoms with Crippen LogP contribution in [0.4, 0.5) is 25.8 Å². The van der Waals surface area contributed by atoms with Gasteiger partial charge in [0.05, 0.1) is 21.6 Å². The molecule has 168 valence electrons. The van der Waals surface area contributed by atoms with Gasteiger partial charge in [-0.05, 0) is 43.9 Å². The van der Waals surface area contributed by atoms with Crippen molar-refractivity contribution in [3.8, 4) is 5.75 Å². The molecule has 31 heavy (non-hydrogen) atoms. The molecule has 4 rings (SSSR count). The maximum atomic E-state index is 14.8. The zero-order valence-electron chi connectivity index (χ0n) is 16.5. The monoisotopic (exact) mass is 474 g/mol. The van der Waals surface area contributed by atoms with Crippen LogP contribution < -0.4 is 14.8 Å². The Kier molecular flexibility index (Phi) is 5.53. The molecule has 0 bridgehead atoms. The summed E-state index contributed by atoms with van der Waals surface area (Å²) in [5.41, 5.74) is 0.221. The van der Waals surface area contributed by atoms with Crippen LogP contribution in [0, 0.1) is 18.6 Å². The van der Waals surface area contributed by atoms with Crippen molar-refractivity contribution in [1.29, 1.82) is 0 Å². The van der Waals surface area contributed by atoms with Gasteiger partial charge < -0.3 is 20.3 Å². The lowest BCUT2D eigenvalue weighted by atomic mass is 10.1. The molecule has 1 saturated carbocycles. The number of hydrogen-bond donors (Lipinski definition) is 4. The number of anilines is 3. The van der Waals surface area contributed by atoms with Crippen molar-refractivity contribution >= 4 is 38.7 Å². The minimum atomic E-state index is -4.14. The fourth-order valence-corrected chi connectivity index (χ4v) is 5.56. The van der Waals surface area contributed by atoms with E-state index in [1.165, 1.54) is 0 Å². The second-order valence-electron chi connectivity index (χ2n) is 7.97. The third-order valence-corrected chi connectivity index (χ3v) is 8.12. The average Bonchev–Trinajstić information content (AvgIpc) is 3.48. The lowest BCUT2D eigenvalue weighted by molar-refractivity contribution is -0.0129. The van der Waals surface area contributed by atoms with Gasteiger partial charge in [0.25, 0.3) is 0 Å². The fraction of sp³-hybridized carbons (Fsp3) is 0.400. The summed E-state index contributed by atoms with van der Waals surface area (Å²) in [6.07, 6.45) is -2.44. The zero-order chi connectivity index (χ0) is 22.6. The topological polar surface area (TPSA) is 108 Å². The Morgan fingerprint density at radius 2 is 1.94 bits per heavy atom. The number of nitrogens with one attached hydrogen (secondary N) is 2. The smallest absolute Gasteiger partial charge is 0.238 e. The third-order valence-electron chi connectivity index (χ3n) is 5.62. The molecule has 2 unspecified atom stereocenters. The number of hydrogen-bond acceptors (Lipinski definition) is 6. The molecular weight excluding hydrogens is 454 g/mol. The maximum absolute atomic E-state index is 14.8. The first-order chi connectivity index (χ1) is 14.5. The van der Waals surface area contributed by atoms with Gasteiger partial charge in [-0.2, -0.15) is 0 Å². The highest BCUT2D eigenvalue weighted by atomic mass is 35.5. The van der Waals surface area contributed by atoms with Gasteiger partial charge in [-0.25, -0.2) is 17.2 Å². The summed E-state index contributed by atoms with van der Waals surface area (Å²) in [7, 11) is -4.14. The van der Waals surface area contributed by atoms with Gasteiger partial charge in [0.15, 0.2) is 11.6 Å². The summed E-state index contributed by atoms with van der Waals surface area (Å²) in [5.74, 6) is -2.96. The van der Waals surface area contributed by atoms with Gasteiger partial charge in [0, 0.05) is 6.07 Å². The molecule has 2 aromatic rings. The van der Waals surface area contributed by atoms with E-state index in [1.54, 1.807) is 25.1 Å². The molecule has 2 aliphatic rings. The predicted molar refractivity (Wildman–Crippen MR) is 112 cm³/mol. The van der Waals surface area contributed by atoms with E-state index < -0.39 is 50.9 Å². The number of fused-ring (bicyclic) bond motifs is 1. The van der Waals surface area contributed by atoms with Crippen molar-refractivity contribution in [1.82, 2.24) is 0 Å². The number of aliphatic hydroxyl groups excluding tert-OH is 2. The molecule has 11 heteroatoms. The lowest BCUT2D eigenvalue weighted by Crippen LogP contribution is -2.41. The Hall–Kier alpha value is -2.14. The molecule has 4 N–H and O–H groups in total. The summed E-state index contributed by atoms with van der Waals surface area (Å²) in [6, 6.07) is 5.54. The molecule has 1 aliphatic heterocycles. The Labute approximate surface area is 183 Å². The first kappa shape index (κ1) is 22.1. The molecule has 1 aliphatic carbocycles. The number of sulfonamides is 1. The minimum Gasteiger partial charge on any atom is -0.488 e. The molecule has 1 heterocycles. The summed E-state index contributed by atoms with van der Waals surface area (Å²) in [6.45, 7) is 1.36. The number of ether oxygens (including phenoxy) is 1. The summed E-state index contributed by atoms with van der Waals surface area (Å²) in [4.78, 5) is 0. The number of benzene rings is 2. The Balaban J connectivity index is 1.86. The van der Waals surface area contributed by atoms with Crippen LogP contribution in [0.2, 0.25) is 5.02 Å². The van der Waals surface area contributed by atoms with E-state index in [-0.39, 0.29) is 41.4 Å². The molecule has 0 radical (unpaired) electrons. The second-order valence-corrected chi connectivity index (χ2v) is 10.5. The van der Waals surface area contributed by atoms with Crippen LogP contribution in [-0.2, 0) is 10.0 Å². The van der Waals surface area contributed by atoms with Crippen molar-refractivity contribution in [2.24, 2.45) is 0 Å². The highest BCUT2D eigenvalue weighted by Gasteiger charge is 2.56. The molecule has 1 spiro atoms. The summed E-state index contributed by atoms with van der Waals surface area (Å²) in [5, 5.41) is 23.2. The first-order valence-electron chi connectivity index (χ1n) is 9.59. The Morgan fingerprint density at radius 1 is 1.23 bits per heavy atom. The van der Waals surface area contributed by atoms with Gasteiger partial charge in [-0.3, -0.25) is 4.72 Å². The largest absolute Gasteiger partial charge is 0.488 e. The standard InChI is InChI=1S/C20H21ClF2N2O5S/c1-10-2-3-13(11(21)6-10)24-19-17(23)12(22)7-16-18(19)25-31(28,29)20(4-5-20)8-14(26)15(27)9-30-16/h2-3,6-7,14-15,24-27H,4-5,8-9H2,1H3. The van der Waals surface area contributed by atoms with E-state index in [0.29, 0.717) is 6.07 Å². The second kappa shape index (κ2) is 7.77. The van der Waals surface area contributed by atoms with Crippen molar-refractivity contribution in [3.05, 3.63) is 46.5 Å². The van der Waals surface area contributed by atoms with E-state index in [0.717, 1.165) is 5.56 Å². The Morgan fingerprint density at radius 3 is 2.58 bits per heavy atom. The van der Waals surface area contributed by atoms with Crippen LogP contribution in [-0.4, -0.2) is 42.2 Å². The van der Waals surface area contributed by atoms with Crippen molar-refractivity contribution in [2.45, 2.75) is 43.1 Å². The average molecular weight is 475 g/mol. The number of rotatable bonds is 2. The summed E-state index contributed by atoms with van der Waals surface area (Å²) >= 11 is 6.20. The molecule has 0 aromatic heterocycles. The quantitative estimate of drug-likeness (QED) is 0.531. The molecule has 0 amide bonds. The van der Waals surface area contributed by atoms with Gasteiger partial charge in [-0.15, -0.1) is 0 Å². The van der Waals surface area contributed by atoms with Crippen LogP contribution in [0.1, 0.15) is 24.8 Å². The van der Waals surface area contributed by atoms with Crippen molar-refractivity contribution in [3.63, 3.8) is 0 Å². The predicted octanol–water partition coefficient (Wildman–Crippen LogP) is 3.45.